The van der Waals surface area contributed by atoms with Gasteiger partial charge < -0.3 is 10.1 Å². The fourth-order valence-electron chi connectivity index (χ4n) is 1.38. The monoisotopic (exact) mass is 250 g/mol. The van der Waals surface area contributed by atoms with Gasteiger partial charge in [0.2, 0.25) is 5.88 Å². The Morgan fingerprint density at radius 3 is 2.50 bits per heavy atom. The molecule has 0 bridgehead atoms. The number of aromatic nitrogens is 1. The molecule has 3 nitrogen and oxygen atoms in total. The van der Waals surface area contributed by atoms with E-state index in [0.717, 1.165) is 19.6 Å². The van der Waals surface area contributed by atoms with Gasteiger partial charge in [-0.2, -0.15) is 0 Å². The van der Waals surface area contributed by atoms with Crippen LogP contribution in [-0.2, 0) is 6.54 Å². The molecule has 0 atom stereocenters. The van der Waals surface area contributed by atoms with E-state index in [9.17, 15) is 0 Å². The quantitative estimate of drug-likeness (QED) is 0.840. The maximum Gasteiger partial charge on any atom is 0.213 e. The third kappa shape index (κ3) is 6.60. The molecule has 1 rings (SSSR count). The minimum Gasteiger partial charge on any atom is -0.478 e. The Bertz CT molecular complexity index is 339. The van der Waals surface area contributed by atoms with Gasteiger partial charge in [0, 0.05) is 24.8 Å². The first-order chi connectivity index (χ1) is 8.37. The predicted octanol–water partition coefficient (Wildman–Crippen LogP) is 3.39. The van der Waals surface area contributed by atoms with Crippen molar-refractivity contribution < 1.29 is 4.74 Å². The average Bonchev–Trinajstić information content (AvgIpc) is 2.26. The maximum absolute atomic E-state index is 5.63. The first-order valence-electron chi connectivity index (χ1n) is 6.68. The summed E-state index contributed by atoms with van der Waals surface area (Å²) in [6, 6.07) is 4.50. The van der Waals surface area contributed by atoms with E-state index in [1.807, 2.05) is 12.3 Å². The van der Waals surface area contributed by atoms with E-state index in [0.29, 0.717) is 17.3 Å². The first-order valence-corrected chi connectivity index (χ1v) is 6.68. The van der Waals surface area contributed by atoms with Gasteiger partial charge in [0.05, 0.1) is 6.61 Å². The lowest BCUT2D eigenvalue weighted by Gasteiger charge is -2.17. The second-order valence-corrected chi connectivity index (χ2v) is 6.20. The van der Waals surface area contributed by atoms with Crippen LogP contribution in [-0.4, -0.2) is 17.6 Å². The lowest BCUT2D eigenvalue weighted by molar-refractivity contribution is 0.236. The van der Waals surface area contributed by atoms with Crippen molar-refractivity contribution in [2.24, 2.45) is 5.41 Å². The van der Waals surface area contributed by atoms with E-state index in [-0.39, 0.29) is 0 Å². The zero-order valence-corrected chi connectivity index (χ0v) is 12.3. The van der Waals surface area contributed by atoms with Gasteiger partial charge in [-0.25, -0.2) is 4.98 Å². The molecule has 0 unspecified atom stereocenters. The molecule has 0 aliphatic heterocycles. The van der Waals surface area contributed by atoms with Gasteiger partial charge in [-0.05, 0) is 17.4 Å². The summed E-state index contributed by atoms with van der Waals surface area (Å²) >= 11 is 0. The summed E-state index contributed by atoms with van der Waals surface area (Å²) in [4.78, 5) is 4.31. The molecule has 1 heterocycles. The van der Waals surface area contributed by atoms with Gasteiger partial charge in [0.25, 0.3) is 0 Å². The Balaban J connectivity index is 2.36. The molecule has 102 valence electrons. The summed E-state index contributed by atoms with van der Waals surface area (Å²) in [5.41, 5.74) is 1.49. The topological polar surface area (TPSA) is 34.1 Å². The molecule has 1 aromatic rings. The SMILES string of the molecule is CC(C)NCc1ccc(OCCC(C)(C)C)nc1. The van der Waals surface area contributed by atoms with Crippen LogP contribution < -0.4 is 10.1 Å². The Hall–Kier alpha value is -1.09. The van der Waals surface area contributed by atoms with Crippen LogP contribution in [0.1, 0.15) is 46.6 Å². The van der Waals surface area contributed by atoms with Gasteiger partial charge in [0.1, 0.15) is 0 Å². The lowest BCUT2D eigenvalue weighted by Crippen LogP contribution is -2.21. The predicted molar refractivity (Wildman–Crippen MR) is 75.8 cm³/mol. The summed E-state index contributed by atoms with van der Waals surface area (Å²) in [5, 5.41) is 3.36. The van der Waals surface area contributed by atoms with Crippen molar-refractivity contribution in [3.8, 4) is 5.88 Å². The van der Waals surface area contributed by atoms with Crippen molar-refractivity contribution in [1.29, 1.82) is 0 Å². The molecule has 18 heavy (non-hydrogen) atoms. The lowest BCUT2D eigenvalue weighted by atomic mass is 9.93. The molecule has 0 spiro atoms. The van der Waals surface area contributed by atoms with Crippen LogP contribution >= 0.6 is 0 Å². The zero-order valence-electron chi connectivity index (χ0n) is 12.3. The molecule has 0 aromatic carbocycles. The summed E-state index contributed by atoms with van der Waals surface area (Å²) in [6.45, 7) is 12.5. The van der Waals surface area contributed by atoms with E-state index in [2.05, 4.69) is 51.0 Å². The van der Waals surface area contributed by atoms with Crippen LogP contribution in [0.2, 0.25) is 0 Å². The largest absolute Gasteiger partial charge is 0.478 e. The number of nitrogens with one attached hydrogen (secondary N) is 1. The Labute approximate surface area is 111 Å². The highest BCUT2D eigenvalue weighted by atomic mass is 16.5. The van der Waals surface area contributed by atoms with Crippen LogP contribution in [0.15, 0.2) is 18.3 Å². The third-order valence-corrected chi connectivity index (χ3v) is 2.61. The molecule has 1 aromatic heterocycles. The highest BCUT2D eigenvalue weighted by Crippen LogP contribution is 2.18. The molecule has 3 heteroatoms. The smallest absolute Gasteiger partial charge is 0.213 e. The first kappa shape index (κ1) is 15.0. The molecule has 0 aliphatic rings. The minimum atomic E-state index is 0.307. The standard InChI is InChI=1S/C15H26N2O/c1-12(2)16-10-13-6-7-14(17-11-13)18-9-8-15(3,4)5/h6-7,11-12,16H,8-10H2,1-5H3. The fourth-order valence-corrected chi connectivity index (χ4v) is 1.38. The summed E-state index contributed by atoms with van der Waals surface area (Å²) in [7, 11) is 0. The van der Waals surface area contributed by atoms with Crippen molar-refractivity contribution >= 4 is 0 Å². The number of ether oxygens (including phenoxy) is 1. The van der Waals surface area contributed by atoms with E-state index < -0.39 is 0 Å². The Kier molecular flexibility index (Phi) is 5.60. The Morgan fingerprint density at radius 2 is 2.00 bits per heavy atom. The molecule has 0 radical (unpaired) electrons. The van der Waals surface area contributed by atoms with Crippen LogP contribution in [0.25, 0.3) is 0 Å². The summed E-state index contributed by atoms with van der Waals surface area (Å²) < 4.78 is 5.63. The summed E-state index contributed by atoms with van der Waals surface area (Å²) in [6.07, 6.45) is 2.91. The van der Waals surface area contributed by atoms with Gasteiger partial charge >= 0.3 is 0 Å². The van der Waals surface area contributed by atoms with Crippen LogP contribution in [0, 0.1) is 5.41 Å². The molecule has 0 saturated heterocycles. The molecule has 0 saturated carbocycles. The minimum absolute atomic E-state index is 0.307. The van der Waals surface area contributed by atoms with Gasteiger partial charge in [-0.15, -0.1) is 0 Å². The van der Waals surface area contributed by atoms with Crippen LogP contribution in [0.5, 0.6) is 5.88 Å². The summed E-state index contributed by atoms with van der Waals surface area (Å²) in [5.74, 6) is 0.715. The number of hydrogen-bond donors (Lipinski definition) is 1. The van der Waals surface area contributed by atoms with Crippen molar-refractivity contribution in [3.63, 3.8) is 0 Å². The second kappa shape index (κ2) is 6.74. The molecular formula is C15H26N2O. The van der Waals surface area contributed by atoms with E-state index >= 15 is 0 Å². The molecule has 0 fully saturated rings. The normalized spacial score (nSPS) is 11.9. The second-order valence-electron chi connectivity index (χ2n) is 6.20. The Morgan fingerprint density at radius 1 is 1.28 bits per heavy atom. The van der Waals surface area contributed by atoms with Crippen LogP contribution in [0.3, 0.4) is 0 Å². The van der Waals surface area contributed by atoms with Crippen molar-refractivity contribution in [3.05, 3.63) is 23.9 Å². The number of rotatable bonds is 6. The van der Waals surface area contributed by atoms with E-state index in [4.69, 9.17) is 4.74 Å². The fraction of sp³-hybridized carbons (Fsp3) is 0.667. The maximum atomic E-state index is 5.63. The highest BCUT2D eigenvalue weighted by Gasteiger charge is 2.10. The van der Waals surface area contributed by atoms with Crippen molar-refractivity contribution in [2.45, 2.75) is 53.6 Å². The van der Waals surface area contributed by atoms with Gasteiger partial charge in [0.15, 0.2) is 0 Å². The van der Waals surface area contributed by atoms with Gasteiger partial charge in [-0.1, -0.05) is 40.7 Å². The highest BCUT2D eigenvalue weighted by molar-refractivity contribution is 5.17. The van der Waals surface area contributed by atoms with Crippen molar-refractivity contribution in [2.75, 3.05) is 6.61 Å². The molecule has 1 N–H and O–H groups in total. The van der Waals surface area contributed by atoms with Crippen LogP contribution in [0.4, 0.5) is 0 Å². The van der Waals surface area contributed by atoms with Gasteiger partial charge in [-0.3, -0.25) is 0 Å². The average molecular weight is 250 g/mol. The molecule has 0 aliphatic carbocycles. The van der Waals surface area contributed by atoms with Crippen molar-refractivity contribution in [1.82, 2.24) is 10.3 Å². The van der Waals surface area contributed by atoms with E-state index in [1.165, 1.54) is 5.56 Å². The number of hydrogen-bond acceptors (Lipinski definition) is 3. The molecular weight excluding hydrogens is 224 g/mol. The third-order valence-electron chi connectivity index (χ3n) is 2.61. The number of nitrogens with zero attached hydrogens (tertiary/aromatic N) is 1. The molecule has 0 amide bonds. The van der Waals surface area contributed by atoms with E-state index in [1.54, 1.807) is 0 Å². The zero-order chi connectivity index (χ0) is 13.6. The number of pyridine rings is 1.